The van der Waals surface area contributed by atoms with E-state index in [-0.39, 0.29) is 18.1 Å². The largest absolute Gasteiger partial charge is 0.373 e. The normalized spacial score (nSPS) is 21.7. The van der Waals surface area contributed by atoms with Gasteiger partial charge in [-0.1, -0.05) is 32.6 Å². The Morgan fingerprint density at radius 1 is 1.41 bits per heavy atom. The van der Waals surface area contributed by atoms with Gasteiger partial charge in [0.05, 0.1) is 12.3 Å². The highest BCUT2D eigenvalue weighted by Gasteiger charge is 2.25. The number of aromatic nitrogens is 2. The fourth-order valence-electron chi connectivity index (χ4n) is 2.96. The molecule has 0 radical (unpaired) electrons. The second-order valence-corrected chi connectivity index (χ2v) is 6.26. The van der Waals surface area contributed by atoms with Crippen LogP contribution in [-0.4, -0.2) is 28.3 Å². The number of nitrogens with zero attached hydrogens (tertiary/aromatic N) is 2. The SMILES string of the molecule is CCCCCCCC(=O)NC1CCOC(c2cnn(C)c2)C1. The molecule has 1 aromatic heterocycles. The number of rotatable bonds is 8. The molecular formula is C17H29N3O2. The average Bonchev–Trinajstić information content (AvgIpc) is 2.94. The van der Waals surface area contributed by atoms with Crippen molar-refractivity contribution in [3.8, 4) is 0 Å². The Hall–Kier alpha value is -1.36. The first kappa shape index (κ1) is 17.0. The van der Waals surface area contributed by atoms with Crippen molar-refractivity contribution in [2.45, 2.75) is 70.4 Å². The molecule has 0 bridgehead atoms. The van der Waals surface area contributed by atoms with Gasteiger partial charge in [0.1, 0.15) is 0 Å². The molecule has 1 N–H and O–H groups in total. The highest BCUT2D eigenvalue weighted by molar-refractivity contribution is 5.76. The summed E-state index contributed by atoms with van der Waals surface area (Å²) in [7, 11) is 1.91. The summed E-state index contributed by atoms with van der Waals surface area (Å²) in [6, 6.07) is 0.224. The van der Waals surface area contributed by atoms with Crippen LogP contribution in [0.5, 0.6) is 0 Å². The van der Waals surface area contributed by atoms with Gasteiger partial charge in [0.2, 0.25) is 5.91 Å². The van der Waals surface area contributed by atoms with Crippen molar-refractivity contribution < 1.29 is 9.53 Å². The first-order chi connectivity index (χ1) is 10.7. The van der Waals surface area contributed by atoms with Crippen LogP contribution >= 0.6 is 0 Å². The maximum atomic E-state index is 12.0. The van der Waals surface area contributed by atoms with E-state index in [1.807, 2.05) is 19.4 Å². The summed E-state index contributed by atoms with van der Waals surface area (Å²) in [6.07, 6.45) is 12.2. The molecule has 124 valence electrons. The Morgan fingerprint density at radius 2 is 2.23 bits per heavy atom. The number of hydrogen-bond acceptors (Lipinski definition) is 3. The lowest BCUT2D eigenvalue weighted by atomic mass is 9.99. The predicted molar refractivity (Wildman–Crippen MR) is 86.4 cm³/mol. The molecule has 1 aliphatic heterocycles. The zero-order chi connectivity index (χ0) is 15.8. The molecule has 1 saturated heterocycles. The predicted octanol–water partition coefficient (Wildman–Crippen LogP) is 3.12. The van der Waals surface area contributed by atoms with Crippen LogP contribution in [0.2, 0.25) is 0 Å². The van der Waals surface area contributed by atoms with Gasteiger partial charge in [-0.25, -0.2) is 0 Å². The monoisotopic (exact) mass is 307 g/mol. The summed E-state index contributed by atoms with van der Waals surface area (Å²) >= 11 is 0. The molecule has 0 aromatic carbocycles. The number of aryl methyl sites for hydroxylation is 1. The highest BCUT2D eigenvalue weighted by Crippen LogP contribution is 2.27. The van der Waals surface area contributed by atoms with Gasteiger partial charge in [-0.3, -0.25) is 9.48 Å². The minimum atomic E-state index is 0.0531. The third-order valence-corrected chi connectivity index (χ3v) is 4.25. The van der Waals surface area contributed by atoms with Crippen molar-refractivity contribution in [1.82, 2.24) is 15.1 Å². The van der Waals surface area contributed by atoms with Gasteiger partial charge in [-0.15, -0.1) is 0 Å². The van der Waals surface area contributed by atoms with Crippen LogP contribution in [-0.2, 0) is 16.6 Å². The summed E-state index contributed by atoms with van der Waals surface area (Å²) in [5, 5.41) is 7.36. The third kappa shape index (κ3) is 5.44. The fraction of sp³-hybridized carbons (Fsp3) is 0.765. The maximum Gasteiger partial charge on any atom is 0.220 e. The molecule has 22 heavy (non-hydrogen) atoms. The van der Waals surface area contributed by atoms with Crippen molar-refractivity contribution in [3.05, 3.63) is 18.0 Å². The van der Waals surface area contributed by atoms with Gasteiger partial charge in [-0.05, 0) is 19.3 Å². The van der Waals surface area contributed by atoms with E-state index in [1.165, 1.54) is 19.3 Å². The molecule has 5 nitrogen and oxygen atoms in total. The van der Waals surface area contributed by atoms with Crippen LogP contribution in [0.25, 0.3) is 0 Å². The van der Waals surface area contributed by atoms with E-state index in [9.17, 15) is 4.79 Å². The Morgan fingerprint density at radius 3 is 2.95 bits per heavy atom. The molecule has 1 aliphatic rings. The summed E-state index contributed by atoms with van der Waals surface area (Å²) in [5.74, 6) is 0.188. The number of carbonyl (C=O) groups excluding carboxylic acids is 1. The fourth-order valence-corrected chi connectivity index (χ4v) is 2.96. The second kappa shape index (κ2) is 8.93. The Kier molecular flexibility index (Phi) is 6.90. The van der Waals surface area contributed by atoms with Crippen LogP contribution in [0.3, 0.4) is 0 Å². The topological polar surface area (TPSA) is 56.1 Å². The molecule has 5 heteroatoms. The second-order valence-electron chi connectivity index (χ2n) is 6.26. The van der Waals surface area contributed by atoms with Crippen LogP contribution in [0.4, 0.5) is 0 Å². The molecule has 0 saturated carbocycles. The smallest absolute Gasteiger partial charge is 0.220 e. The molecule has 0 spiro atoms. The van der Waals surface area contributed by atoms with Crippen molar-refractivity contribution >= 4 is 5.91 Å². The first-order valence-electron chi connectivity index (χ1n) is 8.58. The van der Waals surface area contributed by atoms with Gasteiger partial charge in [0, 0.05) is 37.9 Å². The molecule has 1 aromatic rings. The lowest BCUT2D eigenvalue weighted by Gasteiger charge is -2.29. The molecule has 2 rings (SSSR count). The van der Waals surface area contributed by atoms with Gasteiger partial charge < -0.3 is 10.1 Å². The van der Waals surface area contributed by atoms with E-state index in [0.29, 0.717) is 13.0 Å². The quantitative estimate of drug-likeness (QED) is 0.751. The van der Waals surface area contributed by atoms with Gasteiger partial charge in [-0.2, -0.15) is 5.10 Å². The Bertz CT molecular complexity index is 459. The van der Waals surface area contributed by atoms with Crippen molar-refractivity contribution in [2.75, 3.05) is 6.61 Å². The number of unbranched alkanes of at least 4 members (excludes halogenated alkanes) is 4. The summed E-state index contributed by atoms with van der Waals surface area (Å²) in [6.45, 7) is 2.90. The Labute approximate surface area is 133 Å². The van der Waals surface area contributed by atoms with Crippen LogP contribution in [0.1, 0.15) is 70.0 Å². The zero-order valence-electron chi connectivity index (χ0n) is 13.9. The molecule has 2 atom stereocenters. The Balaban J connectivity index is 1.70. The first-order valence-corrected chi connectivity index (χ1v) is 8.58. The van der Waals surface area contributed by atoms with Crippen LogP contribution in [0, 0.1) is 0 Å². The van der Waals surface area contributed by atoms with Crippen molar-refractivity contribution in [2.24, 2.45) is 7.05 Å². The highest BCUT2D eigenvalue weighted by atomic mass is 16.5. The molecule has 0 aliphatic carbocycles. The lowest BCUT2D eigenvalue weighted by molar-refractivity contribution is -0.123. The van der Waals surface area contributed by atoms with E-state index in [2.05, 4.69) is 17.3 Å². The standard InChI is InChI=1S/C17H29N3O2/c1-3-4-5-6-7-8-17(21)19-15-9-10-22-16(11-15)14-12-18-20(2)13-14/h12-13,15-16H,3-11H2,1-2H3,(H,19,21). The maximum absolute atomic E-state index is 12.0. The lowest BCUT2D eigenvalue weighted by Crippen LogP contribution is -2.39. The van der Waals surface area contributed by atoms with Gasteiger partial charge >= 0.3 is 0 Å². The van der Waals surface area contributed by atoms with E-state index in [4.69, 9.17) is 4.74 Å². The van der Waals surface area contributed by atoms with Crippen molar-refractivity contribution in [1.29, 1.82) is 0 Å². The number of amides is 1. The van der Waals surface area contributed by atoms with Crippen LogP contribution < -0.4 is 5.32 Å². The average molecular weight is 307 g/mol. The molecule has 2 heterocycles. The number of hydrogen-bond donors (Lipinski definition) is 1. The summed E-state index contributed by atoms with van der Waals surface area (Å²) < 4.78 is 7.60. The minimum absolute atomic E-state index is 0.0531. The van der Waals surface area contributed by atoms with E-state index >= 15 is 0 Å². The molecule has 2 unspecified atom stereocenters. The van der Waals surface area contributed by atoms with Gasteiger partial charge in [0.25, 0.3) is 0 Å². The summed E-state index contributed by atoms with van der Waals surface area (Å²) in [4.78, 5) is 12.0. The van der Waals surface area contributed by atoms with E-state index < -0.39 is 0 Å². The van der Waals surface area contributed by atoms with E-state index in [1.54, 1.807) is 4.68 Å². The number of carbonyl (C=O) groups is 1. The number of nitrogens with one attached hydrogen (secondary N) is 1. The molecular weight excluding hydrogens is 278 g/mol. The van der Waals surface area contributed by atoms with Crippen molar-refractivity contribution in [3.63, 3.8) is 0 Å². The third-order valence-electron chi connectivity index (χ3n) is 4.25. The zero-order valence-corrected chi connectivity index (χ0v) is 13.9. The number of ether oxygens (including phenoxy) is 1. The minimum Gasteiger partial charge on any atom is -0.373 e. The van der Waals surface area contributed by atoms with Crippen LogP contribution in [0.15, 0.2) is 12.4 Å². The molecule has 1 amide bonds. The van der Waals surface area contributed by atoms with Gasteiger partial charge in [0.15, 0.2) is 0 Å². The van der Waals surface area contributed by atoms with E-state index in [0.717, 1.165) is 31.2 Å². The summed E-state index contributed by atoms with van der Waals surface area (Å²) in [5.41, 5.74) is 1.10. The molecule has 1 fully saturated rings.